The summed E-state index contributed by atoms with van der Waals surface area (Å²) < 4.78 is 5.98. The molecule has 5 nitrogen and oxygen atoms in total. The van der Waals surface area contributed by atoms with Gasteiger partial charge in [-0.25, -0.2) is 9.78 Å². The van der Waals surface area contributed by atoms with Crippen molar-refractivity contribution in [1.29, 1.82) is 0 Å². The highest BCUT2D eigenvalue weighted by molar-refractivity contribution is 9.10. The SMILES string of the molecule is COc1cccc(/C=C/NC(=O)Nc2ccc(Br)cn2)c1. The molecule has 0 aliphatic rings. The van der Waals surface area contributed by atoms with Crippen molar-refractivity contribution in [3.63, 3.8) is 0 Å². The molecule has 0 aliphatic carbocycles. The third-order valence-corrected chi connectivity index (χ3v) is 3.02. The van der Waals surface area contributed by atoms with Gasteiger partial charge in [-0.2, -0.15) is 0 Å². The normalized spacial score (nSPS) is 10.4. The quantitative estimate of drug-likeness (QED) is 0.887. The van der Waals surface area contributed by atoms with Crippen molar-refractivity contribution < 1.29 is 9.53 Å². The van der Waals surface area contributed by atoms with E-state index in [1.807, 2.05) is 24.3 Å². The van der Waals surface area contributed by atoms with Crippen molar-refractivity contribution in [1.82, 2.24) is 10.3 Å². The number of halogens is 1. The average molecular weight is 348 g/mol. The lowest BCUT2D eigenvalue weighted by atomic mass is 10.2. The molecule has 2 amide bonds. The predicted molar refractivity (Wildman–Crippen MR) is 86.1 cm³/mol. The molecule has 1 aromatic heterocycles. The maximum Gasteiger partial charge on any atom is 0.324 e. The summed E-state index contributed by atoms with van der Waals surface area (Å²) in [5.74, 6) is 1.24. The highest BCUT2D eigenvalue weighted by Crippen LogP contribution is 2.13. The van der Waals surface area contributed by atoms with Gasteiger partial charge in [-0.05, 0) is 51.8 Å². The topological polar surface area (TPSA) is 63.2 Å². The maximum atomic E-state index is 11.7. The predicted octanol–water partition coefficient (Wildman–Crippen LogP) is 3.65. The van der Waals surface area contributed by atoms with E-state index in [-0.39, 0.29) is 6.03 Å². The van der Waals surface area contributed by atoms with Crippen LogP contribution in [0.1, 0.15) is 5.56 Å². The number of methoxy groups -OCH3 is 1. The lowest BCUT2D eigenvalue weighted by Crippen LogP contribution is -2.24. The fourth-order valence-corrected chi connectivity index (χ4v) is 1.80. The molecule has 2 rings (SSSR count). The summed E-state index contributed by atoms with van der Waals surface area (Å²) in [6.07, 6.45) is 4.95. The monoisotopic (exact) mass is 347 g/mol. The van der Waals surface area contributed by atoms with E-state index >= 15 is 0 Å². The Balaban J connectivity index is 1.88. The van der Waals surface area contributed by atoms with Gasteiger partial charge in [-0.3, -0.25) is 5.32 Å². The second-order valence-electron chi connectivity index (χ2n) is 4.07. The molecule has 0 unspecified atom stereocenters. The van der Waals surface area contributed by atoms with E-state index < -0.39 is 0 Å². The number of amides is 2. The third-order valence-electron chi connectivity index (χ3n) is 2.55. The Morgan fingerprint density at radius 1 is 1.33 bits per heavy atom. The molecule has 0 fully saturated rings. The summed E-state index contributed by atoms with van der Waals surface area (Å²) in [6, 6.07) is 10.7. The first-order valence-electron chi connectivity index (χ1n) is 6.17. The van der Waals surface area contributed by atoms with E-state index in [2.05, 4.69) is 31.5 Å². The van der Waals surface area contributed by atoms with Crippen LogP contribution in [-0.4, -0.2) is 18.1 Å². The van der Waals surface area contributed by atoms with Crippen molar-refractivity contribution in [3.05, 3.63) is 58.8 Å². The highest BCUT2D eigenvalue weighted by atomic mass is 79.9. The van der Waals surface area contributed by atoms with Crippen LogP contribution in [0, 0.1) is 0 Å². The Kier molecular flexibility index (Phi) is 5.34. The summed E-state index contributed by atoms with van der Waals surface area (Å²) in [7, 11) is 1.61. The van der Waals surface area contributed by atoms with Crippen LogP contribution >= 0.6 is 15.9 Å². The standard InChI is InChI=1S/C15H14BrN3O2/c1-21-13-4-2-3-11(9-13)7-8-17-15(20)19-14-6-5-12(16)10-18-14/h2-10H,1H3,(H2,17,18,19,20)/b8-7+. The molecule has 2 N–H and O–H groups in total. The lowest BCUT2D eigenvalue weighted by Gasteiger charge is -2.03. The fourth-order valence-electron chi connectivity index (χ4n) is 1.56. The van der Waals surface area contributed by atoms with Crippen LogP contribution in [0.3, 0.4) is 0 Å². The van der Waals surface area contributed by atoms with Gasteiger partial charge in [0.25, 0.3) is 0 Å². The number of benzene rings is 1. The number of urea groups is 1. The maximum absolute atomic E-state index is 11.7. The van der Waals surface area contributed by atoms with Crippen molar-refractivity contribution >= 4 is 33.9 Å². The highest BCUT2D eigenvalue weighted by Gasteiger charge is 1.99. The molecule has 1 heterocycles. The molecule has 0 radical (unpaired) electrons. The van der Waals surface area contributed by atoms with Crippen LogP contribution in [0.2, 0.25) is 0 Å². The van der Waals surface area contributed by atoms with Gasteiger partial charge in [0.2, 0.25) is 0 Å². The minimum atomic E-state index is -0.357. The molecule has 0 bridgehead atoms. The second-order valence-corrected chi connectivity index (χ2v) is 4.99. The van der Waals surface area contributed by atoms with Crippen LogP contribution < -0.4 is 15.4 Å². The Hall–Kier alpha value is -2.34. The minimum Gasteiger partial charge on any atom is -0.497 e. The number of nitrogens with zero attached hydrogens (tertiary/aromatic N) is 1. The number of carbonyl (C=O) groups is 1. The second kappa shape index (κ2) is 7.44. The van der Waals surface area contributed by atoms with E-state index in [0.717, 1.165) is 15.8 Å². The molecule has 0 aliphatic heterocycles. The molecular formula is C15H14BrN3O2. The summed E-state index contributed by atoms with van der Waals surface area (Å²) in [6.45, 7) is 0. The molecule has 0 saturated heterocycles. The first-order valence-corrected chi connectivity index (χ1v) is 6.96. The number of nitrogens with one attached hydrogen (secondary N) is 2. The number of carbonyl (C=O) groups excluding carboxylic acids is 1. The number of hydrogen-bond donors (Lipinski definition) is 2. The Morgan fingerprint density at radius 3 is 2.90 bits per heavy atom. The molecular weight excluding hydrogens is 334 g/mol. The number of aromatic nitrogens is 1. The molecule has 108 valence electrons. The van der Waals surface area contributed by atoms with Gasteiger partial charge >= 0.3 is 6.03 Å². The number of hydrogen-bond acceptors (Lipinski definition) is 3. The van der Waals surface area contributed by atoms with E-state index in [1.165, 1.54) is 0 Å². The van der Waals surface area contributed by atoms with Crippen LogP contribution in [-0.2, 0) is 0 Å². The minimum absolute atomic E-state index is 0.357. The van der Waals surface area contributed by atoms with Crippen LogP contribution in [0.5, 0.6) is 5.75 Å². The molecule has 0 atom stereocenters. The van der Waals surface area contributed by atoms with Crippen LogP contribution in [0.4, 0.5) is 10.6 Å². The molecule has 1 aromatic carbocycles. The van der Waals surface area contributed by atoms with Gasteiger partial charge in [0, 0.05) is 16.9 Å². The molecule has 0 spiro atoms. The van der Waals surface area contributed by atoms with Crippen molar-refractivity contribution in [2.24, 2.45) is 0 Å². The summed E-state index contributed by atoms with van der Waals surface area (Å²) in [5, 5.41) is 5.23. The van der Waals surface area contributed by atoms with Gasteiger partial charge in [0.05, 0.1) is 7.11 Å². The zero-order valence-corrected chi connectivity index (χ0v) is 12.9. The Bertz CT molecular complexity index is 642. The van der Waals surface area contributed by atoms with E-state index in [4.69, 9.17) is 4.74 Å². The van der Waals surface area contributed by atoms with Crippen molar-refractivity contribution in [2.75, 3.05) is 12.4 Å². The fraction of sp³-hybridized carbons (Fsp3) is 0.0667. The van der Waals surface area contributed by atoms with Crippen LogP contribution in [0.15, 0.2) is 53.3 Å². The number of rotatable bonds is 4. The van der Waals surface area contributed by atoms with E-state index in [1.54, 1.807) is 37.7 Å². The number of pyridine rings is 1. The number of ether oxygens (including phenoxy) is 1. The average Bonchev–Trinajstić information content (AvgIpc) is 2.50. The van der Waals surface area contributed by atoms with E-state index in [9.17, 15) is 4.79 Å². The zero-order valence-electron chi connectivity index (χ0n) is 11.3. The Morgan fingerprint density at radius 2 is 2.19 bits per heavy atom. The largest absolute Gasteiger partial charge is 0.497 e. The first kappa shape index (κ1) is 15.1. The molecule has 0 saturated carbocycles. The number of anilines is 1. The third kappa shape index (κ3) is 4.92. The van der Waals surface area contributed by atoms with Crippen molar-refractivity contribution in [3.8, 4) is 5.75 Å². The summed E-state index contributed by atoms with van der Waals surface area (Å²) >= 11 is 3.28. The van der Waals surface area contributed by atoms with E-state index in [0.29, 0.717) is 5.82 Å². The van der Waals surface area contributed by atoms with Gasteiger partial charge in [-0.15, -0.1) is 0 Å². The van der Waals surface area contributed by atoms with Gasteiger partial charge in [0.1, 0.15) is 11.6 Å². The molecule has 6 heteroatoms. The molecule has 21 heavy (non-hydrogen) atoms. The van der Waals surface area contributed by atoms with Crippen molar-refractivity contribution in [2.45, 2.75) is 0 Å². The van der Waals surface area contributed by atoms with Gasteiger partial charge in [-0.1, -0.05) is 12.1 Å². The summed E-state index contributed by atoms with van der Waals surface area (Å²) in [4.78, 5) is 15.7. The summed E-state index contributed by atoms with van der Waals surface area (Å²) in [5.41, 5.74) is 0.927. The van der Waals surface area contributed by atoms with Gasteiger partial charge < -0.3 is 10.1 Å². The smallest absolute Gasteiger partial charge is 0.324 e. The first-order chi connectivity index (χ1) is 10.2. The van der Waals surface area contributed by atoms with Gasteiger partial charge in [0.15, 0.2) is 0 Å². The molecule has 2 aromatic rings. The zero-order chi connectivity index (χ0) is 15.1. The van der Waals surface area contributed by atoms with Crippen LogP contribution in [0.25, 0.3) is 6.08 Å². The Labute approximate surface area is 131 Å². The lowest BCUT2D eigenvalue weighted by molar-refractivity contribution is 0.255.